The van der Waals surface area contributed by atoms with Gasteiger partial charge in [0.15, 0.2) is 5.13 Å². The second kappa shape index (κ2) is 5.64. The van der Waals surface area contributed by atoms with Crippen molar-refractivity contribution >= 4 is 45.5 Å². The van der Waals surface area contributed by atoms with Crippen molar-refractivity contribution in [3.05, 3.63) is 33.9 Å². The van der Waals surface area contributed by atoms with Crippen molar-refractivity contribution in [1.29, 1.82) is 0 Å². The number of nitrogen functional groups attached to an aromatic ring is 1. The Kier molecular flexibility index (Phi) is 4.10. The zero-order chi connectivity index (χ0) is 14.9. The Morgan fingerprint density at radius 2 is 2.20 bits per heavy atom. The van der Waals surface area contributed by atoms with E-state index in [0.717, 1.165) is 11.3 Å². The van der Waals surface area contributed by atoms with Gasteiger partial charge in [-0.3, -0.25) is 4.79 Å². The lowest BCUT2D eigenvalue weighted by molar-refractivity contribution is 0.103. The van der Waals surface area contributed by atoms with Crippen LogP contribution in [0.1, 0.15) is 9.67 Å². The van der Waals surface area contributed by atoms with Crippen LogP contribution in [0.4, 0.5) is 21.0 Å². The van der Waals surface area contributed by atoms with Crippen LogP contribution in [0, 0.1) is 5.82 Å². The normalized spacial score (nSPS) is 10.4. The molecule has 1 heterocycles. The molecule has 8 heteroatoms. The molecule has 1 amide bonds. The fraction of sp³-hybridized carbons (Fsp3) is 0.167. The second-order valence-electron chi connectivity index (χ2n) is 4.16. The number of amides is 1. The molecule has 1 aromatic carbocycles. The molecule has 0 radical (unpaired) electrons. The molecule has 0 atom stereocenters. The SMILES string of the molecule is CN(C)c1nc(N)c(C(=O)Nc2c(F)cccc2Cl)s1. The summed E-state index contributed by atoms with van der Waals surface area (Å²) in [7, 11) is 3.57. The van der Waals surface area contributed by atoms with E-state index in [1.54, 1.807) is 19.0 Å². The van der Waals surface area contributed by atoms with Crippen molar-refractivity contribution in [1.82, 2.24) is 4.98 Å². The lowest BCUT2D eigenvalue weighted by atomic mass is 10.3. The first-order valence-corrected chi connectivity index (χ1v) is 6.78. The highest BCUT2D eigenvalue weighted by molar-refractivity contribution is 7.18. The lowest BCUT2D eigenvalue weighted by Gasteiger charge is -2.07. The van der Waals surface area contributed by atoms with Gasteiger partial charge in [0.05, 0.1) is 10.7 Å². The molecule has 106 valence electrons. The average Bonchev–Trinajstić information content (AvgIpc) is 2.76. The number of rotatable bonds is 3. The van der Waals surface area contributed by atoms with Crippen molar-refractivity contribution in [3.8, 4) is 0 Å². The predicted molar refractivity (Wildman–Crippen MR) is 80.2 cm³/mol. The number of hydrogen-bond donors (Lipinski definition) is 2. The van der Waals surface area contributed by atoms with Crippen LogP contribution in [0.5, 0.6) is 0 Å². The van der Waals surface area contributed by atoms with E-state index in [1.165, 1.54) is 18.2 Å². The third kappa shape index (κ3) is 2.83. The second-order valence-corrected chi connectivity index (χ2v) is 5.54. The minimum atomic E-state index is -0.609. The van der Waals surface area contributed by atoms with E-state index >= 15 is 0 Å². The summed E-state index contributed by atoms with van der Waals surface area (Å²) >= 11 is 6.97. The Balaban J connectivity index is 2.29. The van der Waals surface area contributed by atoms with Crippen molar-refractivity contribution in [3.63, 3.8) is 0 Å². The van der Waals surface area contributed by atoms with Crippen molar-refractivity contribution in [2.45, 2.75) is 0 Å². The zero-order valence-corrected chi connectivity index (χ0v) is 12.3. The Bertz CT molecular complexity index is 639. The maximum absolute atomic E-state index is 13.6. The summed E-state index contributed by atoms with van der Waals surface area (Å²) in [5.41, 5.74) is 5.62. The standard InChI is InChI=1S/C12H12ClFN4OS/c1-18(2)12-17-10(15)9(20-12)11(19)16-8-6(13)4-3-5-7(8)14/h3-5H,15H2,1-2H3,(H,16,19). The van der Waals surface area contributed by atoms with Gasteiger partial charge in [-0.2, -0.15) is 0 Å². The number of thiazole rings is 1. The molecule has 3 N–H and O–H groups in total. The topological polar surface area (TPSA) is 71.2 Å². The smallest absolute Gasteiger partial charge is 0.269 e. The predicted octanol–water partition coefficient (Wildman–Crippen LogP) is 2.84. The monoisotopic (exact) mass is 314 g/mol. The number of aromatic nitrogens is 1. The number of carbonyl (C=O) groups is 1. The third-order valence-corrected chi connectivity index (χ3v) is 3.98. The number of anilines is 3. The fourth-order valence-electron chi connectivity index (χ4n) is 1.46. The summed E-state index contributed by atoms with van der Waals surface area (Å²) in [5.74, 6) is -1.05. The molecule has 0 aliphatic heterocycles. The van der Waals surface area contributed by atoms with E-state index in [-0.39, 0.29) is 21.4 Å². The zero-order valence-electron chi connectivity index (χ0n) is 10.8. The number of carbonyl (C=O) groups excluding carboxylic acids is 1. The van der Waals surface area contributed by atoms with Crippen molar-refractivity contribution < 1.29 is 9.18 Å². The van der Waals surface area contributed by atoms with E-state index in [0.29, 0.717) is 5.13 Å². The number of nitrogens with two attached hydrogens (primary N) is 1. The number of halogens is 2. The van der Waals surface area contributed by atoms with E-state index in [2.05, 4.69) is 10.3 Å². The molecule has 0 spiro atoms. The summed E-state index contributed by atoms with van der Waals surface area (Å²) in [6.45, 7) is 0. The lowest BCUT2D eigenvalue weighted by Crippen LogP contribution is -2.13. The van der Waals surface area contributed by atoms with Crippen molar-refractivity contribution in [2.75, 3.05) is 30.0 Å². The molecule has 2 rings (SSSR count). The van der Waals surface area contributed by atoms with Gasteiger partial charge in [-0.1, -0.05) is 29.0 Å². The number of nitrogens with one attached hydrogen (secondary N) is 1. The van der Waals surface area contributed by atoms with Gasteiger partial charge in [0.25, 0.3) is 5.91 Å². The largest absolute Gasteiger partial charge is 0.382 e. The van der Waals surface area contributed by atoms with E-state index in [1.807, 2.05) is 0 Å². The highest BCUT2D eigenvalue weighted by Crippen LogP contribution is 2.30. The molecule has 20 heavy (non-hydrogen) atoms. The van der Waals surface area contributed by atoms with Crippen LogP contribution in [0.2, 0.25) is 5.02 Å². The molecular formula is C12H12ClFN4OS. The van der Waals surface area contributed by atoms with Gasteiger partial charge < -0.3 is 16.0 Å². The van der Waals surface area contributed by atoms with E-state index in [9.17, 15) is 9.18 Å². The van der Waals surface area contributed by atoms with Crippen LogP contribution < -0.4 is 16.0 Å². The van der Waals surface area contributed by atoms with Gasteiger partial charge in [-0.05, 0) is 12.1 Å². The van der Waals surface area contributed by atoms with Crippen LogP contribution in [0.25, 0.3) is 0 Å². The quantitative estimate of drug-likeness (QED) is 0.914. The minimum Gasteiger partial charge on any atom is -0.382 e. The summed E-state index contributed by atoms with van der Waals surface area (Å²) in [6.07, 6.45) is 0. The summed E-state index contributed by atoms with van der Waals surface area (Å²) in [5, 5.41) is 3.12. The van der Waals surface area contributed by atoms with Crippen molar-refractivity contribution in [2.24, 2.45) is 0 Å². The molecule has 0 bridgehead atoms. The van der Waals surface area contributed by atoms with Crippen LogP contribution in [-0.2, 0) is 0 Å². The average molecular weight is 315 g/mol. The molecule has 0 aliphatic carbocycles. The van der Waals surface area contributed by atoms with Gasteiger partial charge in [-0.15, -0.1) is 0 Å². The van der Waals surface area contributed by atoms with Crippen LogP contribution >= 0.6 is 22.9 Å². The summed E-state index contributed by atoms with van der Waals surface area (Å²) in [6, 6.07) is 4.16. The molecule has 1 aromatic heterocycles. The molecule has 5 nitrogen and oxygen atoms in total. The molecule has 0 saturated heterocycles. The van der Waals surface area contributed by atoms with Crippen LogP contribution in [0.3, 0.4) is 0 Å². The van der Waals surface area contributed by atoms with E-state index < -0.39 is 11.7 Å². The number of hydrogen-bond acceptors (Lipinski definition) is 5. The van der Waals surface area contributed by atoms with Gasteiger partial charge in [0.1, 0.15) is 16.5 Å². The first-order valence-electron chi connectivity index (χ1n) is 5.59. The van der Waals surface area contributed by atoms with Gasteiger partial charge in [-0.25, -0.2) is 9.37 Å². The minimum absolute atomic E-state index is 0.0710. The summed E-state index contributed by atoms with van der Waals surface area (Å²) < 4.78 is 13.6. The molecule has 0 unspecified atom stereocenters. The number of benzene rings is 1. The molecule has 0 fully saturated rings. The number of nitrogens with zero attached hydrogens (tertiary/aromatic N) is 2. The first kappa shape index (κ1) is 14.5. The third-order valence-electron chi connectivity index (χ3n) is 2.43. The Morgan fingerprint density at radius 3 is 2.75 bits per heavy atom. The van der Waals surface area contributed by atoms with Crippen LogP contribution in [-0.4, -0.2) is 25.0 Å². The Labute approximate surface area is 124 Å². The van der Waals surface area contributed by atoms with Crippen LogP contribution in [0.15, 0.2) is 18.2 Å². The number of para-hydroxylation sites is 1. The van der Waals surface area contributed by atoms with Gasteiger partial charge in [0, 0.05) is 14.1 Å². The summed E-state index contributed by atoms with van der Waals surface area (Å²) in [4.78, 5) is 18.1. The highest BCUT2D eigenvalue weighted by atomic mass is 35.5. The molecule has 0 saturated carbocycles. The Hall–Kier alpha value is -1.86. The van der Waals surface area contributed by atoms with E-state index in [4.69, 9.17) is 17.3 Å². The van der Waals surface area contributed by atoms with Gasteiger partial charge in [0.2, 0.25) is 0 Å². The maximum Gasteiger partial charge on any atom is 0.269 e. The molecule has 2 aromatic rings. The highest BCUT2D eigenvalue weighted by Gasteiger charge is 2.19. The van der Waals surface area contributed by atoms with Gasteiger partial charge >= 0.3 is 0 Å². The first-order chi connectivity index (χ1) is 9.40. The fourth-order valence-corrected chi connectivity index (χ4v) is 2.48. The molecule has 0 aliphatic rings. The molecular weight excluding hydrogens is 303 g/mol. The maximum atomic E-state index is 13.6. The Morgan fingerprint density at radius 1 is 1.50 bits per heavy atom.